The van der Waals surface area contributed by atoms with Crippen LogP contribution in [-0.4, -0.2) is 53.7 Å². The Kier molecular flexibility index (Phi) is 7.87. The van der Waals surface area contributed by atoms with Crippen LogP contribution < -0.4 is 11.1 Å². The van der Waals surface area contributed by atoms with Gasteiger partial charge in [0.2, 0.25) is 0 Å². The van der Waals surface area contributed by atoms with Gasteiger partial charge in [-0.2, -0.15) is 0 Å². The molecule has 1 aromatic rings. The molecule has 0 bridgehead atoms. The van der Waals surface area contributed by atoms with Crippen LogP contribution >= 0.6 is 0 Å². The van der Waals surface area contributed by atoms with Crippen LogP contribution in [0.1, 0.15) is 45.6 Å². The highest BCUT2D eigenvalue weighted by Gasteiger charge is 2.74. The van der Waals surface area contributed by atoms with Gasteiger partial charge < -0.3 is 24.6 Å². The van der Waals surface area contributed by atoms with E-state index in [0.29, 0.717) is 6.54 Å². The molecule has 1 heterocycles. The number of hydrogen-bond donors (Lipinski definition) is 2. The maximum Gasteiger partial charge on any atom is 0.372 e. The molecule has 0 saturated carbocycles. The minimum absolute atomic E-state index is 0.0310. The van der Waals surface area contributed by atoms with Gasteiger partial charge in [-0.15, -0.1) is 0 Å². The van der Waals surface area contributed by atoms with Gasteiger partial charge in [0, 0.05) is 34.4 Å². The molecule has 2 rings (SSSR count). The Bertz CT molecular complexity index is 609. The number of hydrogen-bond acceptors (Lipinski definition) is 5. The van der Waals surface area contributed by atoms with Crippen LogP contribution in [-0.2, 0) is 20.0 Å². The van der Waals surface area contributed by atoms with Gasteiger partial charge in [-0.25, -0.2) is 0 Å². The number of ether oxygens (including phenoxy) is 1. The lowest BCUT2D eigenvalue weighted by Crippen LogP contribution is -2.84. The fourth-order valence-corrected chi connectivity index (χ4v) is 10.3. The molecule has 0 aromatic heterocycles. The lowest BCUT2D eigenvalue weighted by atomic mass is 9.62. The second-order valence-corrected chi connectivity index (χ2v) is 12.2. The van der Waals surface area contributed by atoms with Gasteiger partial charge in [-0.05, 0) is 36.3 Å². The summed E-state index contributed by atoms with van der Waals surface area (Å²) in [4.78, 5) is 0. The van der Waals surface area contributed by atoms with Crippen molar-refractivity contribution in [2.45, 2.75) is 63.3 Å². The van der Waals surface area contributed by atoms with E-state index in [0.717, 1.165) is 38.3 Å². The lowest BCUT2D eigenvalue weighted by molar-refractivity contribution is -0.126. The molecule has 0 aliphatic carbocycles. The van der Waals surface area contributed by atoms with Crippen molar-refractivity contribution in [2.75, 3.05) is 34.4 Å². The Labute approximate surface area is 172 Å². The molecule has 0 amide bonds. The van der Waals surface area contributed by atoms with E-state index >= 15 is 0 Å². The van der Waals surface area contributed by atoms with Crippen LogP contribution in [0.2, 0.25) is 6.04 Å². The molecule has 3 N–H and O–H groups in total. The quantitative estimate of drug-likeness (QED) is 0.581. The maximum absolute atomic E-state index is 6.55. The highest BCUT2D eigenvalue weighted by molar-refractivity contribution is 6.71. The first-order valence-corrected chi connectivity index (χ1v) is 12.5. The number of nitrogens with one attached hydrogen (secondary N) is 1. The summed E-state index contributed by atoms with van der Waals surface area (Å²) in [7, 11) is 2.75. The van der Waals surface area contributed by atoms with Gasteiger partial charge in [0.25, 0.3) is 0 Å². The van der Waals surface area contributed by atoms with E-state index in [-0.39, 0.29) is 11.0 Å². The van der Waals surface area contributed by atoms with E-state index in [2.05, 4.69) is 56.4 Å². The van der Waals surface area contributed by atoms with E-state index in [4.69, 9.17) is 19.3 Å². The second kappa shape index (κ2) is 9.37. The third-order valence-electron chi connectivity index (χ3n) is 7.03. The molecular weight excluding hydrogens is 368 g/mol. The first-order valence-electron chi connectivity index (χ1n) is 10.5. The third-order valence-corrected chi connectivity index (χ3v) is 11.4. The van der Waals surface area contributed by atoms with Crippen LogP contribution in [0.4, 0.5) is 0 Å². The molecule has 0 radical (unpaired) electrons. The molecule has 1 saturated heterocycles. The standard InChI is InChI=1S/C22H40N2O3Si/c1-7-13-22(25-4)21(24-16-15-23,18-19-11-9-8-10-12-19)20(2,3)14-17-28(22,26-5)27-6/h8-12,24H,7,13-18,23H2,1-6H3. The molecule has 28 heavy (non-hydrogen) atoms. The first kappa shape index (κ1) is 23.5. The number of rotatable bonds is 10. The summed E-state index contributed by atoms with van der Waals surface area (Å²) in [6, 6.07) is 11.6. The summed E-state index contributed by atoms with van der Waals surface area (Å²) in [6.07, 6.45) is 3.73. The zero-order valence-corrected chi connectivity index (χ0v) is 19.6. The van der Waals surface area contributed by atoms with Crippen molar-refractivity contribution >= 4 is 8.56 Å². The van der Waals surface area contributed by atoms with E-state index in [9.17, 15) is 0 Å². The Hall–Kier alpha value is -0.763. The van der Waals surface area contributed by atoms with E-state index in [1.165, 1.54) is 5.56 Å². The van der Waals surface area contributed by atoms with Gasteiger partial charge in [0.05, 0.1) is 5.54 Å². The van der Waals surface area contributed by atoms with Crippen LogP contribution in [0.3, 0.4) is 0 Å². The van der Waals surface area contributed by atoms with Crippen molar-refractivity contribution in [3.63, 3.8) is 0 Å². The summed E-state index contributed by atoms with van der Waals surface area (Å²) >= 11 is 0. The molecule has 1 aromatic carbocycles. The summed E-state index contributed by atoms with van der Waals surface area (Å²) in [5, 5.41) is 3.36. The minimum atomic E-state index is -2.68. The van der Waals surface area contributed by atoms with Gasteiger partial charge in [0.1, 0.15) is 5.22 Å². The van der Waals surface area contributed by atoms with Crippen molar-refractivity contribution in [1.82, 2.24) is 5.32 Å². The molecule has 2 atom stereocenters. The van der Waals surface area contributed by atoms with Gasteiger partial charge >= 0.3 is 8.56 Å². The van der Waals surface area contributed by atoms with Crippen molar-refractivity contribution in [2.24, 2.45) is 11.1 Å². The SMILES string of the molecule is CCCC1(OC)C(Cc2ccccc2)(NCCN)C(C)(C)CC[Si]1(OC)OC. The number of benzene rings is 1. The first-order chi connectivity index (χ1) is 13.3. The average molecular weight is 409 g/mol. The zero-order chi connectivity index (χ0) is 20.9. The monoisotopic (exact) mass is 408 g/mol. The molecule has 5 nitrogen and oxygen atoms in total. The molecule has 1 aliphatic rings. The second-order valence-electron chi connectivity index (χ2n) is 8.61. The van der Waals surface area contributed by atoms with Crippen LogP contribution in [0, 0.1) is 5.41 Å². The summed E-state index contributed by atoms with van der Waals surface area (Å²) in [6.45, 7) is 8.22. The third kappa shape index (κ3) is 3.59. The lowest BCUT2D eigenvalue weighted by Gasteiger charge is -2.66. The highest BCUT2D eigenvalue weighted by atomic mass is 28.4. The smallest absolute Gasteiger partial charge is 0.372 e. The van der Waals surface area contributed by atoms with E-state index in [1.807, 2.05) is 7.11 Å². The fourth-order valence-electron chi connectivity index (χ4n) is 5.58. The Morgan fingerprint density at radius 1 is 1.11 bits per heavy atom. The molecule has 2 unspecified atom stereocenters. The van der Waals surface area contributed by atoms with Crippen LogP contribution in [0.5, 0.6) is 0 Å². The van der Waals surface area contributed by atoms with Gasteiger partial charge in [-0.3, -0.25) is 0 Å². The zero-order valence-electron chi connectivity index (χ0n) is 18.6. The molecular formula is C22H40N2O3Si. The number of nitrogens with two attached hydrogens (primary N) is 1. The maximum atomic E-state index is 6.55. The van der Waals surface area contributed by atoms with Crippen molar-refractivity contribution in [1.29, 1.82) is 0 Å². The summed E-state index contributed by atoms with van der Waals surface area (Å²) < 4.78 is 19.1. The minimum Gasteiger partial charge on any atom is -0.396 e. The Balaban J connectivity index is 2.77. The van der Waals surface area contributed by atoms with Crippen LogP contribution in [0.25, 0.3) is 0 Å². The largest absolute Gasteiger partial charge is 0.396 e. The molecule has 160 valence electrons. The van der Waals surface area contributed by atoms with Crippen LogP contribution in [0.15, 0.2) is 30.3 Å². The summed E-state index contributed by atoms with van der Waals surface area (Å²) in [5.41, 5.74) is 6.87. The van der Waals surface area contributed by atoms with Crippen molar-refractivity contribution < 1.29 is 13.6 Å². The molecule has 1 aliphatic heterocycles. The fraction of sp³-hybridized carbons (Fsp3) is 0.727. The normalized spacial score (nSPS) is 29.0. The topological polar surface area (TPSA) is 65.7 Å². The van der Waals surface area contributed by atoms with Crippen molar-refractivity contribution in [3.8, 4) is 0 Å². The Morgan fingerprint density at radius 3 is 2.25 bits per heavy atom. The number of methoxy groups -OCH3 is 1. The highest BCUT2D eigenvalue weighted by Crippen LogP contribution is 2.57. The van der Waals surface area contributed by atoms with Gasteiger partial charge in [-0.1, -0.05) is 57.5 Å². The predicted molar refractivity (Wildman–Crippen MR) is 118 cm³/mol. The molecule has 1 fully saturated rings. The molecule has 0 spiro atoms. The van der Waals surface area contributed by atoms with Crippen molar-refractivity contribution in [3.05, 3.63) is 35.9 Å². The Morgan fingerprint density at radius 2 is 1.75 bits per heavy atom. The van der Waals surface area contributed by atoms with Gasteiger partial charge in [0.15, 0.2) is 0 Å². The van der Waals surface area contributed by atoms with E-state index in [1.54, 1.807) is 14.2 Å². The van der Waals surface area contributed by atoms with E-state index < -0.39 is 13.8 Å². The predicted octanol–water partition coefficient (Wildman–Crippen LogP) is 3.41. The summed E-state index contributed by atoms with van der Waals surface area (Å²) in [5.74, 6) is 0. The average Bonchev–Trinajstić information content (AvgIpc) is 2.71. The molecule has 6 heteroatoms.